The maximum absolute atomic E-state index is 11.1. The second-order valence-corrected chi connectivity index (χ2v) is 6.88. The van der Waals surface area contributed by atoms with E-state index in [1.54, 1.807) is 38.1 Å². The van der Waals surface area contributed by atoms with Crippen molar-refractivity contribution in [3.8, 4) is 11.5 Å². The normalized spacial score (nSPS) is 15.7. The molecule has 0 spiro atoms. The van der Waals surface area contributed by atoms with Crippen LogP contribution in [0.25, 0.3) is 0 Å². The topological polar surface area (TPSA) is 71.4 Å². The third-order valence-electron chi connectivity index (χ3n) is 4.13. The van der Waals surface area contributed by atoms with Gasteiger partial charge >= 0.3 is 5.97 Å². The van der Waals surface area contributed by atoms with E-state index in [9.17, 15) is 4.79 Å². The van der Waals surface area contributed by atoms with Gasteiger partial charge in [0.1, 0.15) is 0 Å². The van der Waals surface area contributed by atoms with Crippen molar-refractivity contribution in [3.63, 3.8) is 0 Å². The highest BCUT2D eigenvalue weighted by atomic mass is 32.2. The molecular weight excluding hydrogens is 352 g/mol. The molecule has 0 amide bonds. The smallest absolute Gasteiger partial charge is 0.335 e. The van der Waals surface area contributed by atoms with Crippen LogP contribution in [-0.4, -0.2) is 49.2 Å². The predicted octanol–water partition coefficient (Wildman–Crippen LogP) is 3.68. The molecule has 7 heteroatoms. The first-order valence-electron chi connectivity index (χ1n) is 8.09. The highest BCUT2D eigenvalue weighted by Gasteiger charge is 2.20. The number of carboxylic acids is 1. The molecule has 3 rings (SSSR count). The van der Waals surface area contributed by atoms with Crippen LogP contribution in [0.15, 0.2) is 47.5 Å². The second kappa shape index (κ2) is 8.14. The molecule has 0 saturated carbocycles. The van der Waals surface area contributed by atoms with E-state index in [4.69, 9.17) is 14.6 Å². The summed E-state index contributed by atoms with van der Waals surface area (Å²) in [6.45, 7) is 1.51. The number of methoxy groups -OCH3 is 2. The number of thioether (sulfide) groups is 1. The number of anilines is 2. The molecule has 2 aromatic rings. The number of carboxylic acid groups (broad SMARTS) is 1. The lowest BCUT2D eigenvalue weighted by atomic mass is 10.1. The Morgan fingerprint density at radius 1 is 1.15 bits per heavy atom. The SMILES string of the molecule is COc1ccc(N(CC2CN=CS2)c2ccc(C(=O)O)cc2)cc1OC. The number of aliphatic imine (C=N–C) groups is 1. The molecule has 2 aromatic carbocycles. The number of rotatable bonds is 7. The molecule has 136 valence electrons. The summed E-state index contributed by atoms with van der Waals surface area (Å²) in [5.41, 5.74) is 4.00. The Morgan fingerprint density at radius 2 is 1.85 bits per heavy atom. The van der Waals surface area contributed by atoms with Gasteiger partial charge in [-0.1, -0.05) is 0 Å². The summed E-state index contributed by atoms with van der Waals surface area (Å²) >= 11 is 1.70. The molecule has 1 unspecified atom stereocenters. The van der Waals surface area contributed by atoms with Gasteiger partial charge in [-0.05, 0) is 36.4 Å². The van der Waals surface area contributed by atoms with Crippen LogP contribution in [0, 0.1) is 0 Å². The summed E-state index contributed by atoms with van der Waals surface area (Å²) < 4.78 is 10.7. The van der Waals surface area contributed by atoms with Crippen LogP contribution in [0.1, 0.15) is 10.4 Å². The van der Waals surface area contributed by atoms with Crippen LogP contribution in [-0.2, 0) is 0 Å². The molecule has 0 bridgehead atoms. The maximum Gasteiger partial charge on any atom is 0.335 e. The zero-order chi connectivity index (χ0) is 18.5. The molecular formula is C19H20N2O4S. The minimum atomic E-state index is -0.936. The number of aromatic carboxylic acids is 1. The van der Waals surface area contributed by atoms with E-state index in [0.29, 0.717) is 16.7 Å². The van der Waals surface area contributed by atoms with E-state index in [0.717, 1.165) is 24.5 Å². The van der Waals surface area contributed by atoms with Gasteiger partial charge in [0.05, 0.1) is 31.9 Å². The number of hydrogen-bond donors (Lipinski definition) is 1. The van der Waals surface area contributed by atoms with Crippen molar-refractivity contribution < 1.29 is 19.4 Å². The van der Waals surface area contributed by atoms with Crippen molar-refractivity contribution in [2.75, 3.05) is 32.2 Å². The van der Waals surface area contributed by atoms with Gasteiger partial charge in [-0.2, -0.15) is 0 Å². The third kappa shape index (κ3) is 3.94. The van der Waals surface area contributed by atoms with Crippen LogP contribution in [0.4, 0.5) is 11.4 Å². The first-order valence-corrected chi connectivity index (χ1v) is 9.03. The summed E-state index contributed by atoms with van der Waals surface area (Å²) in [5, 5.41) is 9.46. The molecule has 0 radical (unpaired) electrons. The Hall–Kier alpha value is -2.67. The highest BCUT2D eigenvalue weighted by Crippen LogP contribution is 2.35. The molecule has 1 heterocycles. The van der Waals surface area contributed by atoms with Gasteiger partial charge in [0.15, 0.2) is 11.5 Å². The zero-order valence-electron chi connectivity index (χ0n) is 14.6. The van der Waals surface area contributed by atoms with Crippen molar-refractivity contribution >= 4 is 34.7 Å². The van der Waals surface area contributed by atoms with Gasteiger partial charge in [0.2, 0.25) is 0 Å². The fourth-order valence-corrected chi connectivity index (χ4v) is 3.53. The summed E-state index contributed by atoms with van der Waals surface area (Å²) in [5.74, 6) is 0.373. The number of benzene rings is 2. The van der Waals surface area contributed by atoms with Gasteiger partial charge in [-0.15, -0.1) is 11.8 Å². The largest absolute Gasteiger partial charge is 0.493 e. The number of nitrogens with zero attached hydrogens (tertiary/aromatic N) is 2. The van der Waals surface area contributed by atoms with E-state index < -0.39 is 5.97 Å². The number of carbonyl (C=O) groups is 1. The van der Waals surface area contributed by atoms with Crippen molar-refractivity contribution in [1.29, 1.82) is 0 Å². The van der Waals surface area contributed by atoms with Crippen LogP contribution < -0.4 is 14.4 Å². The Morgan fingerprint density at radius 3 is 2.42 bits per heavy atom. The average molecular weight is 372 g/mol. The molecule has 0 aliphatic carbocycles. The predicted molar refractivity (Wildman–Crippen MR) is 105 cm³/mol. The molecule has 6 nitrogen and oxygen atoms in total. The van der Waals surface area contributed by atoms with Gasteiger partial charge in [0.25, 0.3) is 0 Å². The first kappa shape index (κ1) is 18.1. The summed E-state index contributed by atoms with van der Waals surface area (Å²) in [7, 11) is 3.21. The lowest BCUT2D eigenvalue weighted by Crippen LogP contribution is -2.27. The van der Waals surface area contributed by atoms with Crippen LogP contribution in [0.5, 0.6) is 11.5 Å². The standard InChI is InChI=1S/C19H20N2O4S/c1-24-17-8-7-15(9-18(17)25-2)21(11-16-10-20-12-26-16)14-5-3-13(4-6-14)19(22)23/h3-9,12,16H,10-11H2,1-2H3,(H,22,23). The molecule has 1 N–H and O–H groups in total. The maximum atomic E-state index is 11.1. The summed E-state index contributed by atoms with van der Waals surface area (Å²) in [6, 6.07) is 12.6. The Bertz CT molecular complexity index is 800. The Kier molecular flexibility index (Phi) is 5.68. The third-order valence-corrected chi connectivity index (χ3v) is 5.08. The number of hydrogen-bond acceptors (Lipinski definition) is 6. The van der Waals surface area contributed by atoms with Gasteiger partial charge < -0.3 is 19.5 Å². The Labute approximate surface area is 156 Å². The van der Waals surface area contributed by atoms with Crippen LogP contribution in [0.2, 0.25) is 0 Å². The minimum absolute atomic E-state index is 0.264. The average Bonchev–Trinajstić information content (AvgIpc) is 3.19. The zero-order valence-corrected chi connectivity index (χ0v) is 15.4. The second-order valence-electron chi connectivity index (χ2n) is 5.73. The van der Waals surface area contributed by atoms with Gasteiger partial charge in [-0.25, -0.2) is 4.79 Å². The monoisotopic (exact) mass is 372 g/mol. The molecule has 1 aliphatic rings. The number of ether oxygens (including phenoxy) is 2. The van der Waals surface area contributed by atoms with Crippen molar-refractivity contribution in [3.05, 3.63) is 48.0 Å². The van der Waals surface area contributed by atoms with Crippen molar-refractivity contribution in [2.45, 2.75) is 5.25 Å². The fraction of sp³-hybridized carbons (Fsp3) is 0.263. The molecule has 26 heavy (non-hydrogen) atoms. The Balaban J connectivity index is 1.96. The highest BCUT2D eigenvalue weighted by molar-refractivity contribution is 8.12. The van der Waals surface area contributed by atoms with Crippen LogP contribution >= 0.6 is 11.8 Å². The van der Waals surface area contributed by atoms with E-state index in [-0.39, 0.29) is 5.56 Å². The van der Waals surface area contributed by atoms with Gasteiger partial charge in [-0.3, -0.25) is 4.99 Å². The van der Waals surface area contributed by atoms with Crippen LogP contribution in [0.3, 0.4) is 0 Å². The summed E-state index contributed by atoms with van der Waals surface area (Å²) in [6.07, 6.45) is 0. The van der Waals surface area contributed by atoms with E-state index >= 15 is 0 Å². The first-order chi connectivity index (χ1) is 12.6. The van der Waals surface area contributed by atoms with Crippen molar-refractivity contribution in [1.82, 2.24) is 0 Å². The minimum Gasteiger partial charge on any atom is -0.493 e. The van der Waals surface area contributed by atoms with Crippen molar-refractivity contribution in [2.24, 2.45) is 4.99 Å². The van der Waals surface area contributed by atoms with E-state index in [2.05, 4.69) is 9.89 Å². The van der Waals surface area contributed by atoms with E-state index in [1.165, 1.54) is 0 Å². The van der Waals surface area contributed by atoms with Gasteiger partial charge in [0, 0.05) is 29.2 Å². The fourth-order valence-electron chi connectivity index (χ4n) is 2.77. The molecule has 0 saturated heterocycles. The lowest BCUT2D eigenvalue weighted by molar-refractivity contribution is 0.0697. The molecule has 1 atom stereocenters. The lowest BCUT2D eigenvalue weighted by Gasteiger charge is -2.28. The molecule has 1 aliphatic heterocycles. The van der Waals surface area contributed by atoms with E-state index in [1.807, 2.05) is 35.9 Å². The molecule has 0 fully saturated rings. The molecule has 0 aromatic heterocycles. The summed E-state index contributed by atoms with van der Waals surface area (Å²) in [4.78, 5) is 17.6. The quantitative estimate of drug-likeness (QED) is 0.799.